The summed E-state index contributed by atoms with van der Waals surface area (Å²) in [4.78, 5) is 10.5. The summed E-state index contributed by atoms with van der Waals surface area (Å²) in [5.74, 6) is 0.884. The predicted molar refractivity (Wildman–Crippen MR) is 110 cm³/mol. The first-order chi connectivity index (χ1) is 13.3. The van der Waals surface area contributed by atoms with E-state index in [2.05, 4.69) is 43.0 Å². The molecule has 2 aliphatic heterocycles. The van der Waals surface area contributed by atoms with Gasteiger partial charge in [0, 0.05) is 17.5 Å². The number of hydrogen-bond donors (Lipinski definition) is 0. The molecule has 0 aromatic heterocycles. The highest BCUT2D eigenvalue weighted by atomic mass is 16.5. The summed E-state index contributed by atoms with van der Waals surface area (Å²) < 4.78 is 6.71. The Balaban J connectivity index is 1.76. The molecule has 3 atom stereocenters. The summed E-state index contributed by atoms with van der Waals surface area (Å²) in [6.45, 7) is 4.03. The van der Waals surface area contributed by atoms with E-state index in [1.54, 1.807) is 0 Å². The second kappa shape index (κ2) is 6.49. The number of para-hydroxylation sites is 1. The molecule has 5 rings (SSSR count). The second-order valence-corrected chi connectivity index (χ2v) is 7.66. The third kappa shape index (κ3) is 2.56. The van der Waals surface area contributed by atoms with Crippen LogP contribution in [0.3, 0.4) is 0 Å². The molecule has 27 heavy (non-hydrogen) atoms. The predicted octanol–water partition coefficient (Wildman–Crippen LogP) is 5.11. The number of nitrogens with zero attached hydrogens (tertiary/aromatic N) is 2. The molecular formula is C24H24N2O. The van der Waals surface area contributed by atoms with Gasteiger partial charge < -0.3 is 4.74 Å². The van der Waals surface area contributed by atoms with Crippen molar-refractivity contribution in [1.29, 1.82) is 0 Å². The van der Waals surface area contributed by atoms with Crippen molar-refractivity contribution in [2.75, 3.05) is 0 Å². The molecule has 3 aliphatic rings. The maximum absolute atomic E-state index is 6.71. The zero-order chi connectivity index (χ0) is 18.3. The van der Waals surface area contributed by atoms with E-state index in [0.29, 0.717) is 12.5 Å². The van der Waals surface area contributed by atoms with E-state index in [0.717, 1.165) is 41.1 Å². The number of benzene rings is 2. The average Bonchev–Trinajstić information content (AvgIpc) is 2.73. The van der Waals surface area contributed by atoms with E-state index in [4.69, 9.17) is 14.7 Å². The van der Waals surface area contributed by atoms with Gasteiger partial charge >= 0.3 is 0 Å². The third-order valence-electron chi connectivity index (χ3n) is 5.99. The van der Waals surface area contributed by atoms with E-state index < -0.39 is 5.60 Å². The van der Waals surface area contributed by atoms with Crippen molar-refractivity contribution in [2.24, 2.45) is 9.98 Å². The molecule has 0 amide bonds. The summed E-state index contributed by atoms with van der Waals surface area (Å²) in [5, 5.41) is 0. The van der Waals surface area contributed by atoms with Crippen LogP contribution in [0, 0.1) is 0 Å². The molecule has 0 bridgehead atoms. The molecule has 0 unspecified atom stereocenters. The maximum Gasteiger partial charge on any atom is 0.181 e. The van der Waals surface area contributed by atoms with Crippen LogP contribution in [-0.2, 0) is 5.60 Å². The molecule has 2 aromatic carbocycles. The Morgan fingerprint density at radius 1 is 0.963 bits per heavy atom. The van der Waals surface area contributed by atoms with Gasteiger partial charge in [0.25, 0.3) is 0 Å². The average molecular weight is 356 g/mol. The Morgan fingerprint density at radius 2 is 1.67 bits per heavy atom. The number of ether oxygens (including phenoxy) is 1. The molecule has 0 spiro atoms. The molecule has 2 aromatic rings. The van der Waals surface area contributed by atoms with Crippen LogP contribution in [0.2, 0.25) is 0 Å². The lowest BCUT2D eigenvalue weighted by molar-refractivity contribution is 0.141. The highest BCUT2D eigenvalue weighted by Crippen LogP contribution is 2.43. The first kappa shape index (κ1) is 16.5. The first-order valence-corrected chi connectivity index (χ1v) is 9.93. The van der Waals surface area contributed by atoms with Crippen LogP contribution < -0.4 is 4.74 Å². The van der Waals surface area contributed by atoms with Crippen LogP contribution >= 0.6 is 0 Å². The van der Waals surface area contributed by atoms with Gasteiger partial charge in [0.05, 0.1) is 17.8 Å². The van der Waals surface area contributed by atoms with Gasteiger partial charge in [-0.05, 0) is 25.0 Å². The number of aliphatic imine (C=N–C) groups is 2. The van der Waals surface area contributed by atoms with Crippen LogP contribution in [0.25, 0.3) is 0 Å². The van der Waals surface area contributed by atoms with Crippen molar-refractivity contribution < 1.29 is 4.74 Å². The van der Waals surface area contributed by atoms with Gasteiger partial charge in [0.1, 0.15) is 11.5 Å². The Hall–Kier alpha value is -2.68. The summed E-state index contributed by atoms with van der Waals surface area (Å²) in [6.07, 6.45) is 7.34. The second-order valence-electron chi connectivity index (χ2n) is 7.66. The molecule has 1 saturated carbocycles. The van der Waals surface area contributed by atoms with Crippen molar-refractivity contribution in [1.82, 2.24) is 0 Å². The lowest BCUT2D eigenvalue weighted by Gasteiger charge is -2.44. The van der Waals surface area contributed by atoms with Crippen molar-refractivity contribution in [3.63, 3.8) is 0 Å². The monoisotopic (exact) mass is 356 g/mol. The Kier molecular flexibility index (Phi) is 3.96. The van der Waals surface area contributed by atoms with Crippen LogP contribution in [0.4, 0.5) is 0 Å². The summed E-state index contributed by atoms with van der Waals surface area (Å²) in [7, 11) is 0. The number of rotatable bonds is 3. The Labute approximate surface area is 160 Å². The Morgan fingerprint density at radius 3 is 2.44 bits per heavy atom. The third-order valence-corrected chi connectivity index (χ3v) is 5.99. The molecule has 0 N–H and O–H groups in total. The fourth-order valence-corrected chi connectivity index (χ4v) is 4.69. The van der Waals surface area contributed by atoms with E-state index in [9.17, 15) is 0 Å². The molecule has 0 radical (unpaired) electrons. The zero-order valence-corrected chi connectivity index (χ0v) is 15.5. The lowest BCUT2D eigenvalue weighted by atomic mass is 9.77. The molecular weight excluding hydrogens is 332 g/mol. The standard InChI is InChI=1S/C24H24N2O/c1-2-16-24(17-10-4-3-5-11-17)23-22(18-12-6-9-15-21(18)27-24)25-19-13-7-8-14-20(19)26-23/h2-6,9-12,15,19-20H,1,7-8,13-14,16H2/t19-,20-,24-/m0/s1. The maximum atomic E-state index is 6.71. The highest BCUT2D eigenvalue weighted by Gasteiger charge is 2.48. The van der Waals surface area contributed by atoms with Gasteiger partial charge in [0.15, 0.2) is 5.60 Å². The number of hydrogen-bond acceptors (Lipinski definition) is 3. The highest BCUT2D eigenvalue weighted by molar-refractivity contribution is 6.52. The van der Waals surface area contributed by atoms with Crippen molar-refractivity contribution in [3.05, 3.63) is 78.4 Å². The fraction of sp³-hybridized carbons (Fsp3) is 0.333. The SMILES string of the molecule is C=CC[C@@]1(c2ccccc2)Oc2ccccc2C2=N[C@H]3CCCC[C@@H]3N=C21. The largest absolute Gasteiger partial charge is 0.475 e. The minimum atomic E-state index is -0.654. The smallest absolute Gasteiger partial charge is 0.181 e. The molecule has 3 nitrogen and oxygen atoms in total. The normalized spacial score (nSPS) is 28.6. The van der Waals surface area contributed by atoms with Gasteiger partial charge in [0.2, 0.25) is 0 Å². The van der Waals surface area contributed by atoms with Crippen LogP contribution in [-0.4, -0.2) is 23.5 Å². The van der Waals surface area contributed by atoms with Crippen LogP contribution in [0.15, 0.2) is 77.2 Å². The van der Waals surface area contributed by atoms with E-state index in [-0.39, 0.29) is 6.04 Å². The van der Waals surface area contributed by atoms with E-state index in [1.807, 2.05) is 24.3 Å². The van der Waals surface area contributed by atoms with E-state index >= 15 is 0 Å². The van der Waals surface area contributed by atoms with Gasteiger partial charge in [-0.25, -0.2) is 0 Å². The van der Waals surface area contributed by atoms with Gasteiger partial charge in [-0.3, -0.25) is 9.98 Å². The van der Waals surface area contributed by atoms with Crippen molar-refractivity contribution in [2.45, 2.75) is 49.8 Å². The van der Waals surface area contributed by atoms with E-state index in [1.165, 1.54) is 12.8 Å². The Bertz CT molecular complexity index is 930. The fourth-order valence-electron chi connectivity index (χ4n) is 4.69. The minimum absolute atomic E-state index is 0.277. The van der Waals surface area contributed by atoms with Gasteiger partial charge in [-0.1, -0.05) is 61.4 Å². The van der Waals surface area contributed by atoms with Crippen molar-refractivity contribution in [3.8, 4) is 5.75 Å². The van der Waals surface area contributed by atoms with Crippen molar-refractivity contribution >= 4 is 11.4 Å². The van der Waals surface area contributed by atoms with Gasteiger partial charge in [-0.15, -0.1) is 6.58 Å². The first-order valence-electron chi connectivity index (χ1n) is 9.93. The number of fused-ring (bicyclic) bond motifs is 4. The molecule has 0 saturated heterocycles. The summed E-state index contributed by atoms with van der Waals surface area (Å²) in [6, 6.07) is 19.2. The minimum Gasteiger partial charge on any atom is -0.475 e. The zero-order valence-electron chi connectivity index (χ0n) is 15.5. The quantitative estimate of drug-likeness (QED) is 0.704. The summed E-state index contributed by atoms with van der Waals surface area (Å²) >= 11 is 0. The molecule has 3 heteroatoms. The lowest BCUT2D eigenvalue weighted by Crippen LogP contribution is -2.52. The van der Waals surface area contributed by atoms with Crippen LogP contribution in [0.1, 0.15) is 43.2 Å². The van der Waals surface area contributed by atoms with Crippen LogP contribution in [0.5, 0.6) is 5.75 Å². The van der Waals surface area contributed by atoms with Gasteiger partial charge in [-0.2, -0.15) is 0 Å². The molecule has 136 valence electrons. The molecule has 1 aliphatic carbocycles. The molecule has 2 heterocycles. The summed E-state index contributed by atoms with van der Waals surface area (Å²) in [5.41, 5.74) is 3.52. The molecule has 1 fully saturated rings. The topological polar surface area (TPSA) is 34.0 Å².